The van der Waals surface area contributed by atoms with Gasteiger partial charge in [-0.15, -0.1) is 0 Å². The highest BCUT2D eigenvalue weighted by atomic mass is 32.2. The number of hydrogen-bond acceptors (Lipinski definition) is 4. The van der Waals surface area contributed by atoms with Crippen LogP contribution in [0.5, 0.6) is 0 Å². The Morgan fingerprint density at radius 2 is 1.88 bits per heavy atom. The van der Waals surface area contributed by atoms with Crippen LogP contribution >= 0.6 is 0 Å². The van der Waals surface area contributed by atoms with Gasteiger partial charge in [-0.1, -0.05) is 6.92 Å². The SMILES string of the molecule is CCCS(=O)(=O)CCNCC(=O)N1CCCC1. The van der Waals surface area contributed by atoms with Crippen LogP contribution in [0, 0.1) is 0 Å². The van der Waals surface area contributed by atoms with E-state index < -0.39 is 9.84 Å². The minimum atomic E-state index is -2.94. The molecule has 0 aromatic rings. The van der Waals surface area contributed by atoms with Crippen molar-refractivity contribution in [3.05, 3.63) is 0 Å². The van der Waals surface area contributed by atoms with Crippen molar-refractivity contribution in [2.24, 2.45) is 0 Å². The van der Waals surface area contributed by atoms with Crippen molar-refractivity contribution in [1.29, 1.82) is 0 Å². The molecule has 0 bridgehead atoms. The summed E-state index contributed by atoms with van der Waals surface area (Å²) in [6.45, 7) is 4.15. The quantitative estimate of drug-likeness (QED) is 0.657. The number of nitrogens with one attached hydrogen (secondary N) is 1. The van der Waals surface area contributed by atoms with Gasteiger partial charge in [0.1, 0.15) is 0 Å². The maximum atomic E-state index is 11.6. The smallest absolute Gasteiger partial charge is 0.236 e. The van der Waals surface area contributed by atoms with Crippen molar-refractivity contribution in [1.82, 2.24) is 10.2 Å². The number of sulfone groups is 1. The monoisotopic (exact) mass is 262 g/mol. The van der Waals surface area contributed by atoms with Crippen LogP contribution in [0.25, 0.3) is 0 Å². The number of likely N-dealkylation sites (tertiary alicyclic amines) is 1. The summed E-state index contributed by atoms with van der Waals surface area (Å²) in [6, 6.07) is 0. The molecule has 1 aliphatic rings. The van der Waals surface area contributed by atoms with Crippen LogP contribution in [0.1, 0.15) is 26.2 Å². The Bertz CT molecular complexity index is 335. The van der Waals surface area contributed by atoms with E-state index in [4.69, 9.17) is 0 Å². The van der Waals surface area contributed by atoms with Crippen LogP contribution in [0.3, 0.4) is 0 Å². The van der Waals surface area contributed by atoms with Crippen molar-refractivity contribution in [2.45, 2.75) is 26.2 Å². The highest BCUT2D eigenvalue weighted by molar-refractivity contribution is 7.91. The molecule has 0 saturated carbocycles. The number of carbonyl (C=O) groups is 1. The van der Waals surface area contributed by atoms with E-state index >= 15 is 0 Å². The Labute approximate surface area is 103 Å². The maximum absolute atomic E-state index is 11.6. The van der Waals surface area contributed by atoms with E-state index in [9.17, 15) is 13.2 Å². The summed E-state index contributed by atoms with van der Waals surface area (Å²) in [5.41, 5.74) is 0. The van der Waals surface area contributed by atoms with E-state index in [1.807, 2.05) is 11.8 Å². The van der Waals surface area contributed by atoms with E-state index in [2.05, 4.69) is 5.32 Å². The summed E-state index contributed by atoms with van der Waals surface area (Å²) >= 11 is 0. The number of carbonyl (C=O) groups excluding carboxylic acids is 1. The number of nitrogens with zero attached hydrogens (tertiary/aromatic N) is 1. The zero-order valence-electron chi connectivity index (χ0n) is 10.4. The molecule has 1 saturated heterocycles. The number of hydrogen-bond donors (Lipinski definition) is 1. The molecule has 1 rings (SSSR count). The summed E-state index contributed by atoms with van der Waals surface area (Å²) in [5.74, 6) is 0.429. The molecule has 1 fully saturated rings. The molecule has 6 heteroatoms. The van der Waals surface area contributed by atoms with Crippen LogP contribution < -0.4 is 5.32 Å². The normalized spacial score (nSPS) is 16.4. The summed E-state index contributed by atoms with van der Waals surface area (Å²) in [5, 5.41) is 2.91. The number of amides is 1. The highest BCUT2D eigenvalue weighted by Gasteiger charge is 2.17. The second-order valence-corrected chi connectivity index (χ2v) is 6.72. The third-order valence-electron chi connectivity index (χ3n) is 2.84. The van der Waals surface area contributed by atoms with Gasteiger partial charge in [-0.05, 0) is 19.3 Å². The van der Waals surface area contributed by atoms with Gasteiger partial charge >= 0.3 is 0 Å². The Hall–Kier alpha value is -0.620. The fourth-order valence-electron chi connectivity index (χ4n) is 1.91. The summed E-state index contributed by atoms with van der Waals surface area (Å²) in [7, 11) is -2.94. The summed E-state index contributed by atoms with van der Waals surface area (Å²) in [4.78, 5) is 13.4. The molecule has 0 aliphatic carbocycles. The minimum Gasteiger partial charge on any atom is -0.342 e. The van der Waals surface area contributed by atoms with Gasteiger partial charge in [-0.2, -0.15) is 0 Å². The Morgan fingerprint density at radius 3 is 2.47 bits per heavy atom. The molecule has 17 heavy (non-hydrogen) atoms. The summed E-state index contributed by atoms with van der Waals surface area (Å²) in [6.07, 6.45) is 2.81. The van der Waals surface area contributed by atoms with Gasteiger partial charge in [-0.3, -0.25) is 4.79 Å². The maximum Gasteiger partial charge on any atom is 0.236 e. The Kier molecular flexibility index (Phi) is 5.91. The topological polar surface area (TPSA) is 66.5 Å². The fourth-order valence-corrected chi connectivity index (χ4v) is 3.20. The van der Waals surface area contributed by atoms with Crippen molar-refractivity contribution in [2.75, 3.05) is 37.7 Å². The fraction of sp³-hybridized carbons (Fsp3) is 0.909. The average molecular weight is 262 g/mol. The lowest BCUT2D eigenvalue weighted by Crippen LogP contribution is -2.37. The second kappa shape index (κ2) is 6.96. The van der Waals surface area contributed by atoms with Crippen LogP contribution in [0.15, 0.2) is 0 Å². The Balaban J connectivity index is 2.13. The molecule has 1 amide bonds. The van der Waals surface area contributed by atoms with Crippen LogP contribution in [0.4, 0.5) is 0 Å². The lowest BCUT2D eigenvalue weighted by Gasteiger charge is -2.15. The van der Waals surface area contributed by atoms with Crippen LogP contribution in [-0.2, 0) is 14.6 Å². The molecule has 0 spiro atoms. The van der Waals surface area contributed by atoms with Gasteiger partial charge < -0.3 is 10.2 Å². The van der Waals surface area contributed by atoms with E-state index in [0.29, 0.717) is 13.0 Å². The molecule has 100 valence electrons. The standard InChI is InChI=1S/C11H22N2O3S/c1-2-8-17(15,16)9-5-12-10-11(14)13-6-3-4-7-13/h12H,2-10H2,1H3. The first-order chi connectivity index (χ1) is 8.05. The van der Waals surface area contributed by atoms with E-state index in [0.717, 1.165) is 25.9 Å². The Morgan fingerprint density at radius 1 is 1.24 bits per heavy atom. The average Bonchev–Trinajstić information content (AvgIpc) is 2.77. The van der Waals surface area contributed by atoms with Crippen LogP contribution in [0.2, 0.25) is 0 Å². The zero-order chi connectivity index (χ0) is 12.7. The molecule has 0 atom stereocenters. The first-order valence-electron chi connectivity index (χ1n) is 6.24. The molecule has 1 aliphatic heterocycles. The van der Waals surface area contributed by atoms with Crippen molar-refractivity contribution < 1.29 is 13.2 Å². The first kappa shape index (κ1) is 14.4. The molecule has 0 radical (unpaired) electrons. The largest absolute Gasteiger partial charge is 0.342 e. The van der Waals surface area contributed by atoms with Gasteiger partial charge in [0, 0.05) is 25.4 Å². The van der Waals surface area contributed by atoms with Crippen molar-refractivity contribution >= 4 is 15.7 Å². The van der Waals surface area contributed by atoms with Gasteiger partial charge in [-0.25, -0.2) is 8.42 Å². The predicted octanol–water partition coefficient (Wildman–Crippen LogP) is 0.0232. The van der Waals surface area contributed by atoms with E-state index in [1.54, 1.807) is 0 Å². The molecule has 0 aromatic heterocycles. The molecule has 0 unspecified atom stereocenters. The van der Waals surface area contributed by atoms with Crippen molar-refractivity contribution in [3.63, 3.8) is 0 Å². The first-order valence-corrected chi connectivity index (χ1v) is 8.06. The lowest BCUT2D eigenvalue weighted by atomic mass is 10.4. The van der Waals surface area contributed by atoms with Gasteiger partial charge in [0.25, 0.3) is 0 Å². The van der Waals surface area contributed by atoms with Crippen LogP contribution in [-0.4, -0.2) is 56.9 Å². The molecule has 0 aromatic carbocycles. The molecule has 1 N–H and O–H groups in total. The summed E-state index contributed by atoms with van der Waals surface area (Å²) < 4.78 is 22.8. The zero-order valence-corrected chi connectivity index (χ0v) is 11.3. The molecule has 1 heterocycles. The lowest BCUT2D eigenvalue weighted by molar-refractivity contribution is -0.129. The second-order valence-electron chi connectivity index (χ2n) is 4.42. The van der Waals surface area contributed by atoms with Crippen molar-refractivity contribution in [3.8, 4) is 0 Å². The van der Waals surface area contributed by atoms with E-state index in [-0.39, 0.29) is 24.0 Å². The van der Waals surface area contributed by atoms with Gasteiger partial charge in [0.05, 0.1) is 12.3 Å². The third kappa shape index (κ3) is 5.50. The van der Waals surface area contributed by atoms with E-state index in [1.165, 1.54) is 0 Å². The highest BCUT2D eigenvalue weighted by Crippen LogP contribution is 2.06. The minimum absolute atomic E-state index is 0.0791. The third-order valence-corrected chi connectivity index (χ3v) is 4.70. The molecule has 5 nitrogen and oxygen atoms in total. The predicted molar refractivity (Wildman–Crippen MR) is 67.6 cm³/mol. The van der Waals surface area contributed by atoms with Gasteiger partial charge in [0.15, 0.2) is 9.84 Å². The van der Waals surface area contributed by atoms with Gasteiger partial charge in [0.2, 0.25) is 5.91 Å². The molecular formula is C11H22N2O3S. The number of rotatable bonds is 7. The molecular weight excluding hydrogens is 240 g/mol.